The molecule has 0 unspecified atom stereocenters. The molecule has 1 amide bonds. The Bertz CT molecular complexity index is 781. The SMILES string of the molecule is CCN1CCc2c(cc(NC(=O)Cc3ccccc3Cl)cc2SN)C1. The van der Waals surface area contributed by atoms with Crippen molar-refractivity contribution in [2.75, 3.05) is 18.4 Å². The Kier molecular flexibility index (Phi) is 6.02. The van der Waals surface area contributed by atoms with Gasteiger partial charge < -0.3 is 5.32 Å². The Morgan fingerprint density at radius 3 is 2.88 bits per heavy atom. The minimum absolute atomic E-state index is 0.0795. The van der Waals surface area contributed by atoms with Crippen LogP contribution in [0.3, 0.4) is 0 Å². The first kappa shape index (κ1) is 18.3. The molecular weight excluding hydrogens is 354 g/mol. The second kappa shape index (κ2) is 8.23. The standard InChI is InChI=1S/C19H22ClN3OS/c1-2-23-8-7-16-14(12-23)9-15(11-18(16)25-21)22-19(24)10-13-5-3-4-6-17(13)20/h3-6,9,11H,2,7-8,10,12,21H2,1H3,(H,22,24). The predicted octanol–water partition coefficient (Wildman–Crippen LogP) is 3.87. The van der Waals surface area contributed by atoms with Crippen molar-refractivity contribution < 1.29 is 4.79 Å². The van der Waals surface area contributed by atoms with E-state index in [1.807, 2.05) is 24.3 Å². The zero-order valence-electron chi connectivity index (χ0n) is 14.2. The van der Waals surface area contributed by atoms with E-state index in [1.54, 1.807) is 6.07 Å². The van der Waals surface area contributed by atoms with Crippen LogP contribution >= 0.6 is 23.5 Å². The van der Waals surface area contributed by atoms with Crippen molar-refractivity contribution in [3.63, 3.8) is 0 Å². The number of nitrogens with two attached hydrogens (primary N) is 1. The highest BCUT2D eigenvalue weighted by atomic mass is 35.5. The third-order valence-corrected chi connectivity index (χ3v) is 5.53. The van der Waals surface area contributed by atoms with Gasteiger partial charge in [0.05, 0.1) is 6.42 Å². The number of fused-ring (bicyclic) bond motifs is 1. The van der Waals surface area contributed by atoms with E-state index >= 15 is 0 Å². The number of hydrogen-bond acceptors (Lipinski definition) is 4. The molecule has 0 bridgehead atoms. The van der Waals surface area contributed by atoms with Gasteiger partial charge in [0, 0.05) is 28.7 Å². The van der Waals surface area contributed by atoms with Crippen LogP contribution in [0.4, 0.5) is 5.69 Å². The van der Waals surface area contributed by atoms with E-state index in [0.29, 0.717) is 5.02 Å². The molecule has 0 aliphatic carbocycles. The lowest BCUT2D eigenvalue weighted by atomic mass is 9.98. The maximum atomic E-state index is 12.4. The molecule has 0 aromatic heterocycles. The summed E-state index contributed by atoms with van der Waals surface area (Å²) in [7, 11) is 0. The normalized spacial score (nSPS) is 14.2. The summed E-state index contributed by atoms with van der Waals surface area (Å²) < 4.78 is 0. The molecule has 1 aliphatic rings. The van der Waals surface area contributed by atoms with Crippen molar-refractivity contribution in [3.05, 3.63) is 58.1 Å². The topological polar surface area (TPSA) is 58.4 Å². The Labute approximate surface area is 157 Å². The zero-order chi connectivity index (χ0) is 17.8. The van der Waals surface area contributed by atoms with Gasteiger partial charge in [-0.1, -0.05) is 36.7 Å². The van der Waals surface area contributed by atoms with Gasteiger partial charge in [0.1, 0.15) is 0 Å². The number of nitrogens with zero attached hydrogens (tertiary/aromatic N) is 1. The number of amides is 1. The first-order valence-electron chi connectivity index (χ1n) is 8.38. The smallest absolute Gasteiger partial charge is 0.228 e. The van der Waals surface area contributed by atoms with Crippen LogP contribution in [-0.4, -0.2) is 23.9 Å². The molecule has 6 heteroatoms. The number of hydrogen-bond donors (Lipinski definition) is 2. The van der Waals surface area contributed by atoms with E-state index in [9.17, 15) is 4.79 Å². The Balaban J connectivity index is 1.78. The summed E-state index contributed by atoms with van der Waals surface area (Å²) in [6.07, 6.45) is 1.25. The van der Waals surface area contributed by atoms with Crippen molar-refractivity contribution >= 4 is 35.1 Å². The molecule has 0 radical (unpaired) electrons. The van der Waals surface area contributed by atoms with E-state index in [1.165, 1.54) is 23.1 Å². The minimum Gasteiger partial charge on any atom is -0.326 e. The highest BCUT2D eigenvalue weighted by Gasteiger charge is 2.19. The lowest BCUT2D eigenvalue weighted by molar-refractivity contribution is -0.115. The number of rotatable bonds is 5. The van der Waals surface area contributed by atoms with Crippen molar-refractivity contribution in [1.82, 2.24) is 4.90 Å². The highest BCUT2D eigenvalue weighted by molar-refractivity contribution is 7.97. The number of anilines is 1. The van der Waals surface area contributed by atoms with Crippen LogP contribution in [0.2, 0.25) is 5.02 Å². The molecule has 25 heavy (non-hydrogen) atoms. The van der Waals surface area contributed by atoms with Crippen LogP contribution in [0, 0.1) is 0 Å². The van der Waals surface area contributed by atoms with Crippen LogP contribution in [0.25, 0.3) is 0 Å². The molecular formula is C19H22ClN3OS. The highest BCUT2D eigenvalue weighted by Crippen LogP contribution is 2.31. The van der Waals surface area contributed by atoms with E-state index in [2.05, 4.69) is 23.2 Å². The Morgan fingerprint density at radius 2 is 2.16 bits per heavy atom. The molecule has 3 N–H and O–H groups in total. The molecule has 132 valence electrons. The summed E-state index contributed by atoms with van der Waals surface area (Å²) >= 11 is 7.39. The van der Waals surface area contributed by atoms with Gasteiger partial charge in [0.2, 0.25) is 5.91 Å². The van der Waals surface area contributed by atoms with Gasteiger partial charge in [-0.2, -0.15) is 0 Å². The molecule has 1 aliphatic heterocycles. The first-order chi connectivity index (χ1) is 12.1. The molecule has 0 fully saturated rings. The largest absolute Gasteiger partial charge is 0.326 e. The summed E-state index contributed by atoms with van der Waals surface area (Å²) in [5.74, 6) is -0.0795. The zero-order valence-corrected chi connectivity index (χ0v) is 15.8. The number of likely N-dealkylation sites (N-methyl/N-ethyl adjacent to an activating group) is 1. The van der Waals surface area contributed by atoms with Crippen molar-refractivity contribution in [1.29, 1.82) is 0 Å². The fourth-order valence-corrected chi connectivity index (χ4v) is 3.96. The summed E-state index contributed by atoms with van der Waals surface area (Å²) in [6, 6.07) is 11.4. The van der Waals surface area contributed by atoms with Gasteiger partial charge in [-0.25, -0.2) is 0 Å². The van der Waals surface area contributed by atoms with Crippen molar-refractivity contribution in [3.8, 4) is 0 Å². The van der Waals surface area contributed by atoms with E-state index < -0.39 is 0 Å². The van der Waals surface area contributed by atoms with Gasteiger partial charge in [0.15, 0.2) is 0 Å². The third kappa shape index (κ3) is 4.36. The maximum Gasteiger partial charge on any atom is 0.228 e. The summed E-state index contributed by atoms with van der Waals surface area (Å²) in [4.78, 5) is 15.8. The maximum absolute atomic E-state index is 12.4. The van der Waals surface area contributed by atoms with Crippen LogP contribution in [0.5, 0.6) is 0 Å². The summed E-state index contributed by atoms with van der Waals surface area (Å²) in [5.41, 5.74) is 4.17. The molecule has 0 atom stereocenters. The number of carbonyl (C=O) groups is 1. The first-order valence-corrected chi connectivity index (χ1v) is 9.64. The molecule has 2 aromatic rings. The molecule has 0 saturated heterocycles. The lowest BCUT2D eigenvalue weighted by Gasteiger charge is -2.29. The lowest BCUT2D eigenvalue weighted by Crippen LogP contribution is -2.30. The van der Waals surface area contributed by atoms with Gasteiger partial charge in [-0.3, -0.25) is 14.8 Å². The summed E-state index contributed by atoms with van der Waals surface area (Å²) in [6.45, 7) is 5.13. The second-order valence-electron chi connectivity index (χ2n) is 6.17. The molecule has 1 heterocycles. The van der Waals surface area contributed by atoms with Crippen LogP contribution < -0.4 is 10.5 Å². The molecule has 2 aromatic carbocycles. The molecule has 4 nitrogen and oxygen atoms in total. The van der Waals surface area contributed by atoms with Crippen LogP contribution in [0.1, 0.15) is 23.6 Å². The fourth-order valence-electron chi connectivity index (χ4n) is 3.18. The average Bonchev–Trinajstić information content (AvgIpc) is 2.62. The number of carbonyl (C=O) groups excluding carboxylic acids is 1. The van der Waals surface area contributed by atoms with E-state index in [-0.39, 0.29) is 12.3 Å². The molecule has 0 spiro atoms. The van der Waals surface area contributed by atoms with Gasteiger partial charge >= 0.3 is 0 Å². The second-order valence-corrected chi connectivity index (χ2v) is 7.25. The van der Waals surface area contributed by atoms with Crippen LogP contribution in [-0.2, 0) is 24.2 Å². The monoisotopic (exact) mass is 375 g/mol. The minimum atomic E-state index is -0.0795. The van der Waals surface area contributed by atoms with E-state index in [4.69, 9.17) is 16.7 Å². The predicted molar refractivity (Wildman–Crippen MR) is 105 cm³/mol. The Morgan fingerprint density at radius 1 is 1.36 bits per heavy atom. The summed E-state index contributed by atoms with van der Waals surface area (Å²) in [5, 5.41) is 9.46. The fraction of sp³-hybridized carbons (Fsp3) is 0.316. The average molecular weight is 376 g/mol. The van der Waals surface area contributed by atoms with Gasteiger partial charge in [-0.15, -0.1) is 0 Å². The number of nitrogens with one attached hydrogen (secondary N) is 1. The number of benzene rings is 2. The number of halogens is 1. The van der Waals surface area contributed by atoms with Crippen molar-refractivity contribution in [2.45, 2.75) is 31.2 Å². The van der Waals surface area contributed by atoms with Gasteiger partial charge in [-0.05, 0) is 59.8 Å². The van der Waals surface area contributed by atoms with Crippen LogP contribution in [0.15, 0.2) is 41.3 Å². The third-order valence-electron chi connectivity index (χ3n) is 4.54. The van der Waals surface area contributed by atoms with Gasteiger partial charge in [0.25, 0.3) is 0 Å². The Hall–Kier alpha value is -1.53. The molecule has 0 saturated carbocycles. The molecule has 3 rings (SSSR count). The van der Waals surface area contributed by atoms with Crippen molar-refractivity contribution in [2.24, 2.45) is 5.14 Å². The van der Waals surface area contributed by atoms with E-state index in [0.717, 1.165) is 42.2 Å². The quantitative estimate of drug-likeness (QED) is 0.779.